The van der Waals surface area contributed by atoms with E-state index in [0.29, 0.717) is 5.75 Å². The number of phenols is 1. The lowest BCUT2D eigenvalue weighted by molar-refractivity contribution is 0.100. The van der Waals surface area contributed by atoms with Crippen molar-refractivity contribution >= 4 is 11.6 Å². The first kappa shape index (κ1) is 28.8. The molecule has 0 aromatic heterocycles. The van der Waals surface area contributed by atoms with Gasteiger partial charge in [0.25, 0.3) is 0 Å². The molecule has 0 atom stereocenters. The minimum atomic E-state index is 0.0100. The highest BCUT2D eigenvalue weighted by atomic mass is 16.3. The van der Waals surface area contributed by atoms with Gasteiger partial charge in [0.15, 0.2) is 11.6 Å². The normalized spacial score (nSPS) is 11.1. The molecule has 5 aromatic carbocycles. The molecule has 0 amide bonds. The molecular weight excluding hydrogens is 516 g/mol. The van der Waals surface area contributed by atoms with Crippen LogP contribution in [0.15, 0.2) is 109 Å². The molecule has 1 N–H and O–H groups in total. The fraction of sp³-hybridized carbons (Fsp3) is 0.179. The zero-order valence-corrected chi connectivity index (χ0v) is 24.6. The molecule has 0 saturated heterocycles. The van der Waals surface area contributed by atoms with Crippen LogP contribution in [-0.4, -0.2) is 16.7 Å². The number of rotatable bonds is 9. The summed E-state index contributed by atoms with van der Waals surface area (Å²) in [6, 6.07) is 37.4. The second-order valence-electron chi connectivity index (χ2n) is 11.3. The highest BCUT2D eigenvalue weighted by Gasteiger charge is 2.19. The van der Waals surface area contributed by atoms with Crippen molar-refractivity contribution in [2.45, 2.75) is 46.5 Å². The Bertz CT molecular complexity index is 1580. The Morgan fingerprint density at radius 3 is 1.14 bits per heavy atom. The highest BCUT2D eigenvalue weighted by molar-refractivity contribution is 5.94. The predicted molar refractivity (Wildman–Crippen MR) is 170 cm³/mol. The maximum Gasteiger partial charge on any atom is 0.159 e. The number of aromatic hydroxyl groups is 1. The molecular formula is C39H36O3. The Hall–Kier alpha value is -4.76. The average Bonchev–Trinajstić information content (AvgIpc) is 2.98. The maximum absolute atomic E-state index is 11.6. The third kappa shape index (κ3) is 6.58. The van der Waals surface area contributed by atoms with Crippen molar-refractivity contribution in [1.29, 1.82) is 0 Å². The molecule has 0 saturated carbocycles. The number of hydrogen-bond donors (Lipinski definition) is 1. The van der Waals surface area contributed by atoms with E-state index in [9.17, 15) is 14.7 Å². The van der Waals surface area contributed by atoms with Gasteiger partial charge in [0.2, 0.25) is 0 Å². The second kappa shape index (κ2) is 12.4. The van der Waals surface area contributed by atoms with Crippen LogP contribution in [0, 0.1) is 13.8 Å². The first-order valence-corrected chi connectivity index (χ1v) is 14.4. The summed E-state index contributed by atoms with van der Waals surface area (Å²) in [7, 11) is 0. The number of hydrogen-bond acceptors (Lipinski definition) is 3. The van der Waals surface area contributed by atoms with E-state index < -0.39 is 0 Å². The Morgan fingerprint density at radius 1 is 0.524 bits per heavy atom. The fourth-order valence-electron chi connectivity index (χ4n) is 5.58. The van der Waals surface area contributed by atoms with E-state index in [1.165, 1.54) is 33.4 Å². The number of Topliss-reactive ketones (excluding diaryl/α,β-unsaturated/α-hetero) is 2. The fourth-order valence-corrected chi connectivity index (χ4v) is 5.58. The number of carbonyl (C=O) groups excluding carboxylic acids is 2. The molecule has 5 rings (SSSR count). The largest absolute Gasteiger partial charge is 0.507 e. The number of phenolic OH excluding ortho intramolecular Hbond substituents is 1. The van der Waals surface area contributed by atoms with Crippen molar-refractivity contribution in [3.63, 3.8) is 0 Å². The van der Waals surface area contributed by atoms with Gasteiger partial charge in [-0.25, -0.2) is 0 Å². The predicted octanol–water partition coefficient (Wildman–Crippen LogP) is 8.78. The van der Waals surface area contributed by atoms with E-state index in [2.05, 4.69) is 60.7 Å². The monoisotopic (exact) mass is 552 g/mol. The average molecular weight is 553 g/mol. The van der Waals surface area contributed by atoms with E-state index in [0.717, 1.165) is 40.7 Å². The molecule has 0 spiro atoms. The maximum atomic E-state index is 11.6. The van der Waals surface area contributed by atoms with E-state index in [-0.39, 0.29) is 17.5 Å². The van der Waals surface area contributed by atoms with Gasteiger partial charge in [-0.3, -0.25) is 9.59 Å². The molecule has 0 bridgehead atoms. The number of benzene rings is 5. The Morgan fingerprint density at radius 2 is 0.833 bits per heavy atom. The summed E-state index contributed by atoms with van der Waals surface area (Å²) in [6.45, 7) is 7.07. The van der Waals surface area contributed by atoms with Gasteiger partial charge in [-0.1, -0.05) is 109 Å². The van der Waals surface area contributed by atoms with Gasteiger partial charge in [-0.05, 0) is 90.6 Å². The first-order chi connectivity index (χ1) is 20.2. The van der Waals surface area contributed by atoms with Gasteiger partial charge < -0.3 is 5.11 Å². The van der Waals surface area contributed by atoms with Crippen molar-refractivity contribution in [3.8, 4) is 5.75 Å². The highest BCUT2D eigenvalue weighted by Crippen LogP contribution is 2.36. The lowest BCUT2D eigenvalue weighted by Gasteiger charge is -2.21. The number of ketones is 2. The van der Waals surface area contributed by atoms with Gasteiger partial charge in [0.1, 0.15) is 5.75 Å². The second-order valence-corrected chi connectivity index (χ2v) is 11.3. The van der Waals surface area contributed by atoms with Crippen LogP contribution < -0.4 is 0 Å². The third-order valence-electron chi connectivity index (χ3n) is 8.01. The summed E-state index contributed by atoms with van der Waals surface area (Å²) in [5.41, 5.74) is 11.4. The van der Waals surface area contributed by atoms with Crippen molar-refractivity contribution in [2.75, 3.05) is 0 Å². The molecule has 0 aliphatic rings. The summed E-state index contributed by atoms with van der Waals surface area (Å²) in [5, 5.41) is 10.5. The molecule has 210 valence electrons. The molecule has 42 heavy (non-hydrogen) atoms. The van der Waals surface area contributed by atoms with Crippen LogP contribution in [0.5, 0.6) is 5.75 Å². The Balaban J connectivity index is 1.43. The van der Waals surface area contributed by atoms with Crippen molar-refractivity contribution in [2.24, 2.45) is 0 Å². The van der Waals surface area contributed by atoms with Crippen LogP contribution in [0.4, 0.5) is 0 Å². The molecule has 0 fully saturated rings. The Kier molecular flexibility index (Phi) is 8.49. The Labute approximate surface area is 248 Å². The van der Waals surface area contributed by atoms with Gasteiger partial charge in [0, 0.05) is 17.0 Å². The standard InChI is InChI=1S/C39H36O3/c1-25-21-37(22-26(2)39(25)42)38(35-17-9-31(10-18-35)23-29-5-13-33(14-6-29)27(3)40)36-19-11-32(12-20-36)24-30-7-15-34(16-8-30)28(4)41/h5-22,38,42H,23-24H2,1-4H3. The molecule has 0 heterocycles. The molecule has 3 nitrogen and oxygen atoms in total. The topological polar surface area (TPSA) is 54.4 Å². The molecule has 0 unspecified atom stereocenters. The smallest absolute Gasteiger partial charge is 0.159 e. The van der Waals surface area contributed by atoms with E-state index in [1.54, 1.807) is 13.8 Å². The minimum absolute atomic E-state index is 0.0100. The molecule has 0 aliphatic carbocycles. The van der Waals surface area contributed by atoms with Gasteiger partial charge in [0.05, 0.1) is 0 Å². The van der Waals surface area contributed by atoms with Gasteiger partial charge >= 0.3 is 0 Å². The quantitative estimate of drug-likeness (QED) is 0.147. The zero-order valence-electron chi connectivity index (χ0n) is 24.6. The number of aryl methyl sites for hydroxylation is 2. The van der Waals surface area contributed by atoms with E-state index >= 15 is 0 Å². The van der Waals surface area contributed by atoms with Crippen LogP contribution in [-0.2, 0) is 12.8 Å². The van der Waals surface area contributed by atoms with Gasteiger partial charge in [-0.15, -0.1) is 0 Å². The molecule has 5 aromatic rings. The number of carbonyl (C=O) groups is 2. The molecule has 0 aliphatic heterocycles. The summed E-state index contributed by atoms with van der Waals surface area (Å²) < 4.78 is 0. The summed E-state index contributed by atoms with van der Waals surface area (Å²) in [4.78, 5) is 23.2. The minimum Gasteiger partial charge on any atom is -0.507 e. The molecule has 3 heteroatoms. The summed E-state index contributed by atoms with van der Waals surface area (Å²) >= 11 is 0. The van der Waals surface area contributed by atoms with Crippen LogP contribution in [0.1, 0.15) is 90.6 Å². The van der Waals surface area contributed by atoms with Crippen LogP contribution in [0.2, 0.25) is 0 Å². The third-order valence-corrected chi connectivity index (χ3v) is 8.01. The molecule has 0 radical (unpaired) electrons. The van der Waals surface area contributed by atoms with Crippen LogP contribution in [0.3, 0.4) is 0 Å². The zero-order chi connectivity index (χ0) is 29.8. The van der Waals surface area contributed by atoms with Crippen molar-refractivity contribution in [3.05, 3.63) is 170 Å². The van der Waals surface area contributed by atoms with Gasteiger partial charge in [-0.2, -0.15) is 0 Å². The van der Waals surface area contributed by atoms with E-state index in [4.69, 9.17) is 0 Å². The van der Waals surface area contributed by atoms with Crippen LogP contribution >= 0.6 is 0 Å². The first-order valence-electron chi connectivity index (χ1n) is 14.4. The van der Waals surface area contributed by atoms with E-state index in [1.807, 2.05) is 62.4 Å². The lowest BCUT2D eigenvalue weighted by Crippen LogP contribution is -2.05. The SMILES string of the molecule is CC(=O)c1ccc(Cc2ccc(C(c3ccc(Cc4ccc(C(C)=O)cc4)cc3)c3cc(C)c(O)c(C)c3)cc2)cc1. The summed E-state index contributed by atoms with van der Waals surface area (Å²) in [6.07, 6.45) is 1.59. The summed E-state index contributed by atoms with van der Waals surface area (Å²) in [5.74, 6) is 0.506. The van der Waals surface area contributed by atoms with Crippen molar-refractivity contribution in [1.82, 2.24) is 0 Å². The van der Waals surface area contributed by atoms with Crippen LogP contribution in [0.25, 0.3) is 0 Å². The lowest BCUT2D eigenvalue weighted by atomic mass is 9.83. The van der Waals surface area contributed by atoms with Crippen molar-refractivity contribution < 1.29 is 14.7 Å².